The molecular formula is C22H26N4O4. The van der Waals surface area contributed by atoms with Gasteiger partial charge in [-0.15, -0.1) is 0 Å². The van der Waals surface area contributed by atoms with Crippen LogP contribution in [0.5, 0.6) is 11.5 Å². The van der Waals surface area contributed by atoms with E-state index in [9.17, 15) is 14.9 Å². The number of ether oxygens (including phenoxy) is 2. The number of hydrogen-bond acceptors (Lipinski definition) is 6. The molecule has 0 aliphatic heterocycles. The first-order valence-corrected chi connectivity index (χ1v) is 9.52. The van der Waals surface area contributed by atoms with E-state index in [1.54, 1.807) is 59.1 Å². The molecule has 0 N–H and O–H groups in total. The number of hydrogen-bond donors (Lipinski definition) is 0. The van der Waals surface area contributed by atoms with Gasteiger partial charge < -0.3 is 14.4 Å². The SMILES string of the molecule is CCOc1cc(C=Nn2c(C)cc(C)c(C#N)c2=O)ccc1O[C@H](C)C(=O)N(C)C. The molecule has 158 valence electrons. The van der Waals surface area contributed by atoms with E-state index in [4.69, 9.17) is 9.47 Å². The number of aromatic nitrogens is 1. The van der Waals surface area contributed by atoms with Gasteiger partial charge in [0, 0.05) is 19.8 Å². The summed E-state index contributed by atoms with van der Waals surface area (Å²) in [7, 11) is 3.33. The lowest BCUT2D eigenvalue weighted by molar-refractivity contribution is -0.135. The van der Waals surface area contributed by atoms with Crippen molar-refractivity contribution in [2.75, 3.05) is 20.7 Å². The third kappa shape index (κ3) is 5.06. The Hall–Kier alpha value is -3.60. The second-order valence-electron chi connectivity index (χ2n) is 6.95. The summed E-state index contributed by atoms with van der Waals surface area (Å²) in [6.45, 7) is 7.40. The molecule has 0 radical (unpaired) electrons. The second-order valence-corrected chi connectivity index (χ2v) is 6.95. The first kappa shape index (κ1) is 22.7. The zero-order chi connectivity index (χ0) is 22.4. The van der Waals surface area contributed by atoms with Crippen LogP contribution < -0.4 is 15.0 Å². The molecule has 8 heteroatoms. The summed E-state index contributed by atoms with van der Waals surface area (Å²) in [5.41, 5.74) is 1.51. The first-order valence-electron chi connectivity index (χ1n) is 9.52. The van der Waals surface area contributed by atoms with E-state index in [1.165, 1.54) is 15.8 Å². The van der Waals surface area contributed by atoms with E-state index in [2.05, 4.69) is 5.10 Å². The second kappa shape index (κ2) is 9.74. The summed E-state index contributed by atoms with van der Waals surface area (Å²) in [4.78, 5) is 26.0. The summed E-state index contributed by atoms with van der Waals surface area (Å²) in [6, 6.07) is 8.82. The molecule has 0 aliphatic rings. The molecular weight excluding hydrogens is 384 g/mol. The number of nitrogens with zero attached hydrogens (tertiary/aromatic N) is 4. The van der Waals surface area contributed by atoms with Crippen molar-refractivity contribution >= 4 is 12.1 Å². The summed E-state index contributed by atoms with van der Waals surface area (Å²) in [5.74, 6) is 0.739. The molecule has 0 fully saturated rings. The smallest absolute Gasteiger partial charge is 0.289 e. The maximum atomic E-state index is 12.5. The van der Waals surface area contributed by atoms with Gasteiger partial charge >= 0.3 is 0 Å². The number of likely N-dealkylation sites (N-methyl/N-ethyl adjacent to an activating group) is 1. The zero-order valence-electron chi connectivity index (χ0n) is 18.1. The molecule has 2 aromatic rings. The van der Waals surface area contributed by atoms with Crippen molar-refractivity contribution in [3.05, 3.63) is 57.0 Å². The topological polar surface area (TPSA) is 96.9 Å². The molecule has 0 aliphatic carbocycles. The molecule has 0 saturated carbocycles. The van der Waals surface area contributed by atoms with Crippen LogP contribution in [0.1, 0.15) is 36.2 Å². The first-order chi connectivity index (χ1) is 14.2. The average Bonchev–Trinajstić information content (AvgIpc) is 2.69. The van der Waals surface area contributed by atoms with Gasteiger partial charge in [-0.05, 0) is 63.1 Å². The molecule has 0 saturated heterocycles. The predicted molar refractivity (Wildman–Crippen MR) is 114 cm³/mol. The Balaban J connectivity index is 2.37. The maximum absolute atomic E-state index is 12.5. The van der Waals surface area contributed by atoms with Gasteiger partial charge in [-0.2, -0.15) is 10.4 Å². The van der Waals surface area contributed by atoms with Gasteiger partial charge in [0.15, 0.2) is 17.6 Å². The molecule has 0 unspecified atom stereocenters. The molecule has 1 atom stereocenters. The normalized spacial score (nSPS) is 11.8. The van der Waals surface area contributed by atoms with Crippen LogP contribution in [0, 0.1) is 25.2 Å². The highest BCUT2D eigenvalue weighted by Gasteiger charge is 2.18. The standard InChI is InChI=1S/C22H26N4O4/c1-7-29-20-11-17(8-9-19(20)30-16(4)21(27)25(5)6)13-24-26-15(3)10-14(2)18(12-23)22(26)28/h8-11,13,16H,7H2,1-6H3/t16-/m1/s1. The number of pyridine rings is 1. The highest BCUT2D eigenvalue weighted by atomic mass is 16.5. The third-order valence-corrected chi connectivity index (χ3v) is 4.35. The van der Waals surface area contributed by atoms with E-state index in [0.717, 1.165) is 0 Å². The number of rotatable bonds is 7. The molecule has 8 nitrogen and oxygen atoms in total. The van der Waals surface area contributed by atoms with Crippen molar-refractivity contribution in [1.82, 2.24) is 9.58 Å². The fraction of sp³-hybridized carbons (Fsp3) is 0.364. The molecule has 1 aromatic carbocycles. The highest BCUT2D eigenvalue weighted by molar-refractivity contribution is 5.82. The van der Waals surface area contributed by atoms with Gasteiger partial charge in [0.2, 0.25) is 0 Å². The zero-order valence-corrected chi connectivity index (χ0v) is 18.1. The highest BCUT2D eigenvalue weighted by Crippen LogP contribution is 2.29. The Kier molecular flexibility index (Phi) is 7.37. The minimum absolute atomic E-state index is 0.0658. The maximum Gasteiger partial charge on any atom is 0.289 e. The Labute approximate surface area is 176 Å². The van der Waals surface area contributed by atoms with E-state index < -0.39 is 11.7 Å². The third-order valence-electron chi connectivity index (χ3n) is 4.35. The van der Waals surface area contributed by atoms with Crippen molar-refractivity contribution < 1.29 is 14.3 Å². The Bertz CT molecular complexity index is 1060. The molecule has 30 heavy (non-hydrogen) atoms. The van der Waals surface area contributed by atoms with E-state index in [0.29, 0.717) is 34.9 Å². The van der Waals surface area contributed by atoms with Gasteiger partial charge in [0.25, 0.3) is 11.5 Å². The number of amides is 1. The molecule has 0 spiro atoms. The van der Waals surface area contributed by atoms with Crippen molar-refractivity contribution in [3.8, 4) is 17.6 Å². The number of carbonyl (C=O) groups is 1. The van der Waals surface area contributed by atoms with E-state index in [1.807, 2.05) is 13.0 Å². The van der Waals surface area contributed by atoms with Gasteiger partial charge in [-0.25, -0.2) is 4.68 Å². The Morgan fingerprint density at radius 3 is 2.60 bits per heavy atom. The lowest BCUT2D eigenvalue weighted by Crippen LogP contribution is -2.35. The van der Waals surface area contributed by atoms with Gasteiger partial charge in [0.05, 0.1) is 12.8 Å². The van der Waals surface area contributed by atoms with Crippen LogP contribution >= 0.6 is 0 Å². The lowest BCUT2D eigenvalue weighted by Gasteiger charge is -2.20. The number of aryl methyl sites for hydroxylation is 2. The number of benzene rings is 1. The number of carbonyl (C=O) groups excluding carboxylic acids is 1. The fourth-order valence-corrected chi connectivity index (χ4v) is 2.86. The summed E-state index contributed by atoms with van der Waals surface area (Å²) < 4.78 is 12.6. The van der Waals surface area contributed by atoms with Crippen LogP contribution in [-0.2, 0) is 4.79 Å². The van der Waals surface area contributed by atoms with Crippen LogP contribution in [0.3, 0.4) is 0 Å². The molecule has 2 rings (SSSR count). The van der Waals surface area contributed by atoms with Crippen LogP contribution in [0.2, 0.25) is 0 Å². The van der Waals surface area contributed by atoms with Crippen LogP contribution in [0.15, 0.2) is 34.2 Å². The van der Waals surface area contributed by atoms with Crippen molar-refractivity contribution in [3.63, 3.8) is 0 Å². The van der Waals surface area contributed by atoms with E-state index in [-0.39, 0.29) is 11.5 Å². The minimum atomic E-state index is -0.670. The molecule has 1 aromatic heterocycles. The Morgan fingerprint density at radius 1 is 1.30 bits per heavy atom. The van der Waals surface area contributed by atoms with Crippen molar-refractivity contribution in [1.29, 1.82) is 5.26 Å². The predicted octanol–water partition coefficient (Wildman–Crippen LogP) is 2.47. The average molecular weight is 410 g/mol. The van der Waals surface area contributed by atoms with Crippen molar-refractivity contribution in [2.24, 2.45) is 5.10 Å². The summed E-state index contributed by atoms with van der Waals surface area (Å²) in [6.07, 6.45) is 0.836. The summed E-state index contributed by atoms with van der Waals surface area (Å²) in [5, 5.41) is 13.4. The van der Waals surface area contributed by atoms with Gasteiger partial charge in [0.1, 0.15) is 11.6 Å². The number of nitriles is 1. The minimum Gasteiger partial charge on any atom is -0.490 e. The largest absolute Gasteiger partial charge is 0.490 e. The summed E-state index contributed by atoms with van der Waals surface area (Å²) >= 11 is 0. The molecule has 0 bridgehead atoms. The Morgan fingerprint density at radius 2 is 2.00 bits per heavy atom. The van der Waals surface area contributed by atoms with Crippen LogP contribution in [-0.4, -0.2) is 48.5 Å². The van der Waals surface area contributed by atoms with Crippen LogP contribution in [0.25, 0.3) is 0 Å². The monoisotopic (exact) mass is 410 g/mol. The lowest BCUT2D eigenvalue weighted by atomic mass is 10.1. The molecule has 1 heterocycles. The van der Waals surface area contributed by atoms with Crippen LogP contribution in [0.4, 0.5) is 0 Å². The van der Waals surface area contributed by atoms with Gasteiger partial charge in [-0.3, -0.25) is 9.59 Å². The van der Waals surface area contributed by atoms with Crippen molar-refractivity contribution in [2.45, 2.75) is 33.8 Å². The van der Waals surface area contributed by atoms with Gasteiger partial charge in [-0.1, -0.05) is 0 Å². The fourth-order valence-electron chi connectivity index (χ4n) is 2.86. The van der Waals surface area contributed by atoms with E-state index >= 15 is 0 Å². The molecule has 1 amide bonds. The quantitative estimate of drug-likeness (QED) is 0.653.